The van der Waals surface area contributed by atoms with E-state index in [1.54, 1.807) is 6.92 Å². The van der Waals surface area contributed by atoms with Crippen molar-refractivity contribution < 1.29 is 45.5 Å². The number of hydrogen-bond acceptors (Lipinski definition) is 9. The van der Waals surface area contributed by atoms with Gasteiger partial charge in [-0.15, -0.1) is 0 Å². The molecule has 0 saturated heterocycles. The molecule has 47 heavy (non-hydrogen) atoms. The molecule has 3 aromatic heterocycles. The number of fused-ring (bicyclic) bond motifs is 1. The molecule has 12 nitrogen and oxygen atoms in total. The zero-order chi connectivity index (χ0) is 34.3. The quantitative estimate of drug-likeness (QED) is 0.216. The minimum atomic E-state index is -5.06. The molecule has 18 heteroatoms. The number of benzene rings is 1. The van der Waals surface area contributed by atoms with Crippen LogP contribution in [0.3, 0.4) is 0 Å². The average Bonchev–Trinajstić information content (AvgIpc) is 3.43. The summed E-state index contributed by atoms with van der Waals surface area (Å²) in [4.78, 5) is 40.6. The number of halogens is 6. The number of pyridine rings is 1. The third-order valence-corrected chi connectivity index (χ3v) is 7.88. The number of nitrogens with zero attached hydrogens (tertiary/aromatic N) is 5. The van der Waals surface area contributed by atoms with Crippen molar-refractivity contribution in [3.8, 4) is 5.88 Å². The highest BCUT2D eigenvalue weighted by molar-refractivity contribution is 5.89. The molecule has 0 unspecified atom stereocenters. The molecule has 1 aliphatic rings. The number of aromatic amines is 1. The lowest BCUT2D eigenvalue weighted by Gasteiger charge is -2.45. The molecule has 0 spiro atoms. The van der Waals surface area contributed by atoms with Crippen molar-refractivity contribution in [3.05, 3.63) is 92.4 Å². The fourth-order valence-electron chi connectivity index (χ4n) is 5.52. The van der Waals surface area contributed by atoms with E-state index < -0.39 is 53.3 Å². The first-order chi connectivity index (χ1) is 22.0. The molecule has 2 atom stereocenters. The van der Waals surface area contributed by atoms with Gasteiger partial charge in [0.2, 0.25) is 5.88 Å². The first kappa shape index (κ1) is 33.4. The summed E-state index contributed by atoms with van der Waals surface area (Å²) in [6, 6.07) is 4.18. The largest absolute Gasteiger partial charge is 0.481 e. The second-order valence-electron chi connectivity index (χ2n) is 10.9. The SMILES string of the molecule is CC[C@]1(N)C[C@H](c2ncc(CCc3noc(=O)[nH]3)c(Cc3cc(C(F)(F)F)cc(C(F)(F)F)c3)n2)c2nc(OC)ccc2N1C(=O)O. The Morgan fingerprint density at radius 1 is 1.13 bits per heavy atom. The molecule has 0 aliphatic carbocycles. The smallest absolute Gasteiger partial charge is 0.438 e. The molecule has 0 radical (unpaired) electrons. The average molecular weight is 668 g/mol. The van der Waals surface area contributed by atoms with E-state index in [9.17, 15) is 41.0 Å². The Morgan fingerprint density at radius 3 is 2.36 bits per heavy atom. The highest BCUT2D eigenvalue weighted by Crippen LogP contribution is 2.45. The molecule has 4 N–H and O–H groups in total. The highest BCUT2D eigenvalue weighted by atomic mass is 19.4. The van der Waals surface area contributed by atoms with E-state index >= 15 is 0 Å². The van der Waals surface area contributed by atoms with Crippen molar-refractivity contribution in [2.75, 3.05) is 12.0 Å². The standard InChI is InChI=1S/C29H27F6N7O5/c1-3-27(36)12-18(23-20(42(27)26(44)45)5-7-22(40-23)46-2)24-37-13-15(4-6-21-39-25(43)47-41-21)19(38-24)10-14-8-16(28(30,31)32)11-17(9-14)29(33,34)35/h5,7-9,11,13,18H,3-4,6,10,12,36H2,1-2H3,(H,44,45)(H,39,41,43)/t18-,27+/m0/s1. The fourth-order valence-corrected chi connectivity index (χ4v) is 5.52. The number of nitrogens with two attached hydrogens (primary N) is 1. The van der Waals surface area contributed by atoms with E-state index in [2.05, 4.69) is 29.6 Å². The summed E-state index contributed by atoms with van der Waals surface area (Å²) in [6.07, 6.45) is -10.3. The molecule has 1 amide bonds. The maximum atomic E-state index is 13.7. The van der Waals surface area contributed by atoms with Crippen LogP contribution in [0.5, 0.6) is 5.88 Å². The van der Waals surface area contributed by atoms with Crippen molar-refractivity contribution in [2.24, 2.45) is 5.73 Å². The summed E-state index contributed by atoms with van der Waals surface area (Å²) >= 11 is 0. The second-order valence-corrected chi connectivity index (χ2v) is 10.9. The van der Waals surface area contributed by atoms with E-state index in [-0.39, 0.29) is 71.9 Å². The van der Waals surface area contributed by atoms with Gasteiger partial charge in [0.1, 0.15) is 11.5 Å². The highest BCUT2D eigenvalue weighted by Gasteiger charge is 2.47. The Morgan fingerprint density at radius 2 is 1.81 bits per heavy atom. The van der Waals surface area contributed by atoms with Gasteiger partial charge in [-0.3, -0.25) is 14.4 Å². The fraction of sp³-hybridized carbons (Fsp3) is 0.379. The van der Waals surface area contributed by atoms with Gasteiger partial charge in [0.15, 0.2) is 5.82 Å². The number of rotatable bonds is 8. The number of carboxylic acid groups (broad SMARTS) is 1. The first-order valence-corrected chi connectivity index (χ1v) is 14.1. The maximum Gasteiger partial charge on any atom is 0.438 e. The number of carbonyl (C=O) groups is 1. The zero-order valence-electron chi connectivity index (χ0n) is 24.7. The normalized spacial score (nSPS) is 18.2. The summed E-state index contributed by atoms with van der Waals surface area (Å²) in [6.45, 7) is 1.68. The van der Waals surface area contributed by atoms with Crippen LogP contribution in [-0.2, 0) is 31.6 Å². The van der Waals surface area contributed by atoms with Crippen LogP contribution < -0.4 is 21.1 Å². The van der Waals surface area contributed by atoms with Gasteiger partial charge >= 0.3 is 24.2 Å². The number of amides is 1. The van der Waals surface area contributed by atoms with Crippen molar-refractivity contribution in [1.29, 1.82) is 0 Å². The Labute approximate surface area is 261 Å². The topological polar surface area (TPSA) is 173 Å². The first-order valence-electron chi connectivity index (χ1n) is 14.1. The van der Waals surface area contributed by atoms with Gasteiger partial charge in [0, 0.05) is 25.1 Å². The van der Waals surface area contributed by atoms with Crippen molar-refractivity contribution >= 4 is 11.8 Å². The van der Waals surface area contributed by atoms with Crippen LogP contribution in [0.1, 0.15) is 71.0 Å². The van der Waals surface area contributed by atoms with E-state index in [4.69, 9.17) is 10.5 Å². The van der Waals surface area contributed by atoms with Crippen molar-refractivity contribution in [1.82, 2.24) is 25.1 Å². The minimum absolute atomic E-state index is 0.0362. The maximum absolute atomic E-state index is 13.7. The van der Waals surface area contributed by atoms with Crippen LogP contribution in [0.25, 0.3) is 0 Å². The van der Waals surface area contributed by atoms with E-state index in [0.29, 0.717) is 17.7 Å². The number of alkyl halides is 6. The number of anilines is 1. The molecular weight excluding hydrogens is 640 g/mol. The molecule has 1 aromatic carbocycles. The van der Waals surface area contributed by atoms with Crippen molar-refractivity contribution in [3.63, 3.8) is 0 Å². The van der Waals surface area contributed by atoms with Crippen LogP contribution in [0.15, 0.2) is 45.8 Å². The van der Waals surface area contributed by atoms with Crippen LogP contribution >= 0.6 is 0 Å². The van der Waals surface area contributed by atoms with Gasteiger partial charge in [0.05, 0.1) is 41.2 Å². The van der Waals surface area contributed by atoms with Crippen LogP contribution in [0.4, 0.5) is 36.8 Å². The Hall–Kier alpha value is -5.00. The second kappa shape index (κ2) is 12.3. The number of nitrogens with one attached hydrogen (secondary N) is 1. The lowest BCUT2D eigenvalue weighted by Crippen LogP contribution is -2.61. The van der Waals surface area contributed by atoms with Gasteiger partial charge in [-0.25, -0.2) is 24.5 Å². The predicted octanol–water partition coefficient (Wildman–Crippen LogP) is 5.06. The molecule has 250 valence electrons. The molecule has 5 rings (SSSR count). The van der Waals surface area contributed by atoms with Gasteiger partial charge in [-0.1, -0.05) is 12.1 Å². The Bertz CT molecular complexity index is 1830. The summed E-state index contributed by atoms with van der Waals surface area (Å²) in [5.74, 6) is -1.33. The van der Waals surface area contributed by atoms with E-state index in [1.165, 1.54) is 25.4 Å². The molecule has 4 aromatic rings. The summed E-state index contributed by atoms with van der Waals surface area (Å²) in [5.41, 5.74) is 2.60. The molecule has 0 bridgehead atoms. The number of aryl methyl sites for hydroxylation is 2. The van der Waals surface area contributed by atoms with Gasteiger partial charge in [-0.2, -0.15) is 26.3 Å². The Balaban J connectivity index is 1.65. The van der Waals surface area contributed by atoms with Crippen LogP contribution in [0, 0.1) is 0 Å². The molecule has 4 heterocycles. The molecular formula is C29H27F6N7O5. The van der Waals surface area contributed by atoms with Crippen LogP contribution in [0.2, 0.25) is 0 Å². The van der Waals surface area contributed by atoms with Crippen molar-refractivity contribution in [2.45, 2.75) is 63.0 Å². The number of methoxy groups -OCH3 is 1. The number of aromatic nitrogens is 5. The van der Waals surface area contributed by atoms with E-state index in [0.717, 1.165) is 4.90 Å². The third kappa shape index (κ3) is 6.91. The van der Waals surface area contributed by atoms with Gasteiger partial charge in [0.25, 0.3) is 0 Å². The van der Waals surface area contributed by atoms with Gasteiger partial charge < -0.3 is 15.6 Å². The summed E-state index contributed by atoms with van der Waals surface area (Å²) in [5, 5.41) is 13.6. The number of hydrogen-bond donors (Lipinski definition) is 3. The summed E-state index contributed by atoms with van der Waals surface area (Å²) in [7, 11) is 1.36. The molecule has 0 saturated carbocycles. The minimum Gasteiger partial charge on any atom is -0.481 e. The number of H-pyrrole nitrogens is 1. The monoisotopic (exact) mass is 667 g/mol. The predicted molar refractivity (Wildman–Crippen MR) is 151 cm³/mol. The zero-order valence-corrected chi connectivity index (χ0v) is 24.7. The lowest BCUT2D eigenvalue weighted by atomic mass is 9.83. The van der Waals surface area contributed by atoms with E-state index in [1.807, 2.05) is 0 Å². The molecule has 1 aliphatic heterocycles. The van der Waals surface area contributed by atoms with Gasteiger partial charge in [-0.05, 0) is 54.7 Å². The Kier molecular flexibility index (Phi) is 8.74. The molecule has 0 fully saturated rings. The lowest BCUT2D eigenvalue weighted by molar-refractivity contribution is -0.143. The number of ether oxygens (including phenoxy) is 1. The third-order valence-electron chi connectivity index (χ3n) is 7.88. The van der Waals surface area contributed by atoms with Crippen LogP contribution in [-0.4, -0.2) is 49.1 Å². The summed E-state index contributed by atoms with van der Waals surface area (Å²) < 4.78 is 91.7.